The quantitative estimate of drug-likeness (QED) is 0.365. The van der Waals surface area contributed by atoms with Crippen LogP contribution in [0.5, 0.6) is 0 Å². The van der Waals surface area contributed by atoms with Crippen molar-refractivity contribution in [1.82, 2.24) is 9.62 Å². The lowest BCUT2D eigenvalue weighted by Crippen LogP contribution is -2.41. The molecule has 160 valence electrons. The van der Waals surface area contributed by atoms with E-state index in [0.29, 0.717) is 34.5 Å². The van der Waals surface area contributed by atoms with Crippen LogP contribution in [0, 0.1) is 11.2 Å². The molecule has 7 nitrogen and oxygen atoms in total. The van der Waals surface area contributed by atoms with Crippen molar-refractivity contribution >= 4 is 66.9 Å². The van der Waals surface area contributed by atoms with Gasteiger partial charge in [0.2, 0.25) is 5.91 Å². The van der Waals surface area contributed by atoms with Crippen LogP contribution in [0.1, 0.15) is 16.9 Å². The molecule has 1 aromatic carbocycles. The van der Waals surface area contributed by atoms with Gasteiger partial charge in [0.1, 0.15) is 21.9 Å². The van der Waals surface area contributed by atoms with Gasteiger partial charge in [0.15, 0.2) is 0 Å². The molecule has 1 saturated heterocycles. The van der Waals surface area contributed by atoms with Gasteiger partial charge in [-0.1, -0.05) is 6.07 Å². The number of nitrogens with one attached hydrogen (secondary N) is 2. The molecule has 3 heterocycles. The Morgan fingerprint density at radius 3 is 2.80 bits per heavy atom. The van der Waals surface area contributed by atoms with Crippen molar-refractivity contribution in [2.45, 2.75) is 23.2 Å². The van der Waals surface area contributed by atoms with E-state index in [4.69, 9.17) is 11.1 Å². The molecule has 0 radical (unpaired) electrons. The van der Waals surface area contributed by atoms with E-state index in [9.17, 15) is 17.6 Å². The van der Waals surface area contributed by atoms with Gasteiger partial charge >= 0.3 is 0 Å². The number of halogens is 2. The molecule has 4 rings (SSSR count). The molecule has 0 saturated carbocycles. The van der Waals surface area contributed by atoms with Crippen LogP contribution in [0.4, 0.5) is 4.39 Å². The molecule has 4 N–H and O–H groups in total. The van der Waals surface area contributed by atoms with Gasteiger partial charge in [-0.15, -0.1) is 35.1 Å². The molecule has 1 atom stereocenters. The summed E-state index contributed by atoms with van der Waals surface area (Å²) in [6.07, 6.45) is 0.362. The largest absolute Gasteiger partial charge is 0.383 e. The minimum Gasteiger partial charge on any atom is -0.383 e. The van der Waals surface area contributed by atoms with E-state index in [1.54, 1.807) is 11.0 Å². The summed E-state index contributed by atoms with van der Waals surface area (Å²) in [6, 6.07) is 6.49. The third-order valence-electron chi connectivity index (χ3n) is 4.61. The number of likely N-dealkylation sites (tertiary alicyclic amines) is 1. The predicted molar refractivity (Wildman–Crippen MR) is 119 cm³/mol. The molecule has 0 spiro atoms. The number of hydrogen-bond acceptors (Lipinski definition) is 6. The highest BCUT2D eigenvalue weighted by Gasteiger charge is 2.35. The van der Waals surface area contributed by atoms with Crippen molar-refractivity contribution in [3.05, 3.63) is 52.0 Å². The molecule has 12 heteroatoms. The summed E-state index contributed by atoms with van der Waals surface area (Å²) < 4.78 is 41.9. The standard InChI is InChI=1S/C18H17FN4O3S3.ClH/c19-12-2-1-11-6-16(28-14(11)7-12)29(25,26)22-13-3-4-23(18(13)24)8-10-5-15(17(20)21)27-9-10;/h1-2,5-7,9,13,22H,3-4,8H2,(H3,20,21);1H. The van der Waals surface area contributed by atoms with E-state index in [1.807, 2.05) is 5.38 Å². The van der Waals surface area contributed by atoms with Gasteiger partial charge in [-0.25, -0.2) is 12.8 Å². The Labute approximate surface area is 186 Å². The van der Waals surface area contributed by atoms with Crippen LogP contribution in [0.25, 0.3) is 10.1 Å². The number of sulfonamides is 1. The zero-order valence-electron chi connectivity index (χ0n) is 15.4. The van der Waals surface area contributed by atoms with E-state index >= 15 is 0 Å². The summed E-state index contributed by atoms with van der Waals surface area (Å²) in [5, 5.41) is 9.91. The fourth-order valence-corrected chi connectivity index (χ4v) is 6.61. The van der Waals surface area contributed by atoms with Gasteiger partial charge in [-0.3, -0.25) is 10.2 Å². The number of fused-ring (bicyclic) bond motifs is 1. The Kier molecular flexibility index (Phi) is 6.48. The normalized spacial score (nSPS) is 16.8. The number of nitrogens with zero attached hydrogens (tertiary/aromatic N) is 1. The lowest BCUT2D eigenvalue weighted by atomic mass is 10.3. The molecule has 0 aliphatic carbocycles. The van der Waals surface area contributed by atoms with Crippen LogP contribution in [-0.4, -0.2) is 37.6 Å². The molecule has 3 aromatic rings. The first-order chi connectivity index (χ1) is 13.7. The molecule has 1 amide bonds. The van der Waals surface area contributed by atoms with Crippen LogP contribution < -0.4 is 10.5 Å². The second-order valence-corrected chi connectivity index (χ2v) is 10.6. The second kappa shape index (κ2) is 8.60. The SMILES string of the molecule is Cl.N=C(N)c1cc(CN2CCC(NS(=O)(=O)c3cc4ccc(F)cc4s3)C2=O)cs1. The minimum absolute atomic E-state index is 0. The van der Waals surface area contributed by atoms with Crippen molar-refractivity contribution < 1.29 is 17.6 Å². The smallest absolute Gasteiger partial charge is 0.250 e. The number of nitrogens with two attached hydrogens (primary N) is 1. The van der Waals surface area contributed by atoms with Crippen LogP contribution in [-0.2, 0) is 21.4 Å². The molecule has 1 unspecified atom stereocenters. The minimum atomic E-state index is -3.90. The molecule has 1 fully saturated rings. The van der Waals surface area contributed by atoms with Gasteiger partial charge in [-0.05, 0) is 47.0 Å². The number of hydrogen-bond donors (Lipinski definition) is 3. The number of benzene rings is 1. The summed E-state index contributed by atoms with van der Waals surface area (Å²) in [5.41, 5.74) is 6.31. The number of nitrogen functional groups attached to an aromatic ring is 1. The Balaban J connectivity index is 0.00000256. The van der Waals surface area contributed by atoms with Gasteiger partial charge in [0.25, 0.3) is 10.0 Å². The molecule has 2 aromatic heterocycles. The van der Waals surface area contributed by atoms with E-state index in [-0.39, 0.29) is 28.4 Å². The van der Waals surface area contributed by atoms with Gasteiger partial charge < -0.3 is 10.6 Å². The van der Waals surface area contributed by atoms with E-state index in [2.05, 4.69) is 4.72 Å². The third-order valence-corrected chi connectivity index (χ3v) is 8.67. The molecule has 1 aliphatic heterocycles. The summed E-state index contributed by atoms with van der Waals surface area (Å²) in [7, 11) is -3.90. The first-order valence-corrected chi connectivity index (χ1v) is 11.8. The number of carbonyl (C=O) groups excluding carboxylic acids is 1. The highest BCUT2D eigenvalue weighted by molar-refractivity contribution is 7.91. The highest BCUT2D eigenvalue weighted by atomic mass is 35.5. The second-order valence-electron chi connectivity index (χ2n) is 6.70. The summed E-state index contributed by atoms with van der Waals surface area (Å²) in [5.74, 6) is -0.751. The van der Waals surface area contributed by atoms with Gasteiger partial charge in [0, 0.05) is 17.8 Å². The Bertz CT molecular complexity index is 1220. The summed E-state index contributed by atoms with van der Waals surface area (Å²) >= 11 is 2.29. The fraction of sp³-hybridized carbons (Fsp3) is 0.222. The fourth-order valence-electron chi connectivity index (χ4n) is 3.18. The van der Waals surface area contributed by atoms with Crippen molar-refractivity contribution in [2.24, 2.45) is 5.73 Å². The first kappa shape index (κ1) is 22.6. The van der Waals surface area contributed by atoms with Crippen LogP contribution >= 0.6 is 35.1 Å². The lowest BCUT2D eigenvalue weighted by molar-refractivity contribution is -0.129. The van der Waals surface area contributed by atoms with Crippen LogP contribution in [0.3, 0.4) is 0 Å². The molecule has 30 heavy (non-hydrogen) atoms. The van der Waals surface area contributed by atoms with E-state index in [0.717, 1.165) is 16.9 Å². The van der Waals surface area contributed by atoms with Crippen molar-refractivity contribution in [3.63, 3.8) is 0 Å². The predicted octanol–water partition coefficient (Wildman–Crippen LogP) is 2.89. The Morgan fingerprint density at radius 1 is 1.33 bits per heavy atom. The Morgan fingerprint density at radius 2 is 2.10 bits per heavy atom. The highest BCUT2D eigenvalue weighted by Crippen LogP contribution is 2.30. The number of amides is 1. The van der Waals surface area contributed by atoms with Crippen molar-refractivity contribution in [3.8, 4) is 0 Å². The lowest BCUT2D eigenvalue weighted by Gasteiger charge is -2.16. The average Bonchev–Trinajstić information content (AvgIpc) is 3.36. The number of amidine groups is 1. The maximum atomic E-state index is 13.4. The maximum Gasteiger partial charge on any atom is 0.250 e. The molecular weight excluding hydrogens is 471 g/mol. The van der Waals surface area contributed by atoms with Gasteiger partial charge in [-0.2, -0.15) is 4.72 Å². The topological polar surface area (TPSA) is 116 Å². The van der Waals surface area contributed by atoms with E-state index in [1.165, 1.54) is 35.6 Å². The van der Waals surface area contributed by atoms with Crippen LogP contribution in [0.15, 0.2) is 39.9 Å². The summed E-state index contributed by atoms with van der Waals surface area (Å²) in [6.45, 7) is 0.762. The van der Waals surface area contributed by atoms with Crippen LogP contribution in [0.2, 0.25) is 0 Å². The van der Waals surface area contributed by atoms with Crippen molar-refractivity contribution in [1.29, 1.82) is 5.41 Å². The van der Waals surface area contributed by atoms with Crippen molar-refractivity contribution in [2.75, 3.05) is 6.54 Å². The zero-order chi connectivity index (χ0) is 20.8. The first-order valence-electron chi connectivity index (χ1n) is 8.65. The molecule has 1 aliphatic rings. The molecule has 0 bridgehead atoms. The molecular formula is C18H18ClFN4O3S3. The number of thiophene rings is 2. The number of rotatable bonds is 6. The Hall–Kier alpha value is -2.05. The summed E-state index contributed by atoms with van der Waals surface area (Å²) in [4.78, 5) is 14.9. The maximum absolute atomic E-state index is 13.4. The monoisotopic (exact) mass is 488 g/mol. The van der Waals surface area contributed by atoms with E-state index < -0.39 is 21.9 Å². The van der Waals surface area contributed by atoms with Gasteiger partial charge in [0.05, 0.1) is 4.88 Å². The zero-order valence-corrected chi connectivity index (χ0v) is 18.7. The average molecular weight is 489 g/mol. The number of carbonyl (C=O) groups is 1. The third kappa shape index (κ3) is 4.49.